The maximum absolute atomic E-state index is 12.3. The van der Waals surface area contributed by atoms with Crippen LogP contribution in [0.3, 0.4) is 0 Å². The molecule has 1 atom stereocenters. The van der Waals surface area contributed by atoms with Crippen LogP contribution < -0.4 is 5.32 Å². The van der Waals surface area contributed by atoms with Gasteiger partial charge in [0.15, 0.2) is 0 Å². The summed E-state index contributed by atoms with van der Waals surface area (Å²) in [5, 5.41) is 15.9. The lowest BCUT2D eigenvalue weighted by atomic mass is 10.0. The average Bonchev–Trinajstić information content (AvgIpc) is 2.78. The number of nitrogens with zero attached hydrogens (tertiary/aromatic N) is 2. The summed E-state index contributed by atoms with van der Waals surface area (Å²) in [6.45, 7) is 1.79. The second kappa shape index (κ2) is 6.74. The van der Waals surface area contributed by atoms with E-state index in [-0.39, 0.29) is 12.3 Å². The second-order valence-corrected chi connectivity index (χ2v) is 5.86. The summed E-state index contributed by atoms with van der Waals surface area (Å²) in [4.78, 5) is 23.4. The summed E-state index contributed by atoms with van der Waals surface area (Å²) >= 11 is 3.33. The monoisotopic (exact) mass is 365 g/mol. The SMILES string of the molecule is Cc1c(C(=O)NC(CC(=O)O)c2ccc(Br)cc2)cnn1C. The number of amides is 1. The lowest BCUT2D eigenvalue weighted by molar-refractivity contribution is -0.137. The summed E-state index contributed by atoms with van der Waals surface area (Å²) in [5.41, 5.74) is 1.90. The van der Waals surface area contributed by atoms with Crippen molar-refractivity contribution in [2.75, 3.05) is 0 Å². The first-order valence-electron chi connectivity index (χ1n) is 6.65. The molecule has 6 nitrogen and oxygen atoms in total. The summed E-state index contributed by atoms with van der Waals surface area (Å²) in [6.07, 6.45) is 1.29. The number of carboxylic acid groups (broad SMARTS) is 1. The highest BCUT2D eigenvalue weighted by molar-refractivity contribution is 9.10. The fourth-order valence-corrected chi connectivity index (χ4v) is 2.34. The van der Waals surface area contributed by atoms with E-state index >= 15 is 0 Å². The summed E-state index contributed by atoms with van der Waals surface area (Å²) in [7, 11) is 1.75. The minimum absolute atomic E-state index is 0.188. The molecule has 2 N–H and O–H groups in total. The third-order valence-electron chi connectivity index (χ3n) is 3.44. The van der Waals surface area contributed by atoms with Crippen LogP contribution in [0.2, 0.25) is 0 Å². The molecule has 0 aliphatic carbocycles. The van der Waals surface area contributed by atoms with Crippen LogP contribution in [0.5, 0.6) is 0 Å². The van der Waals surface area contributed by atoms with Gasteiger partial charge in [0, 0.05) is 17.2 Å². The van der Waals surface area contributed by atoms with Crippen LogP contribution in [0.25, 0.3) is 0 Å². The normalized spacial score (nSPS) is 12.0. The molecular formula is C15H16BrN3O3. The molecule has 0 bridgehead atoms. The van der Waals surface area contributed by atoms with Crippen LogP contribution in [0, 0.1) is 6.92 Å². The highest BCUT2D eigenvalue weighted by atomic mass is 79.9. The van der Waals surface area contributed by atoms with Crippen molar-refractivity contribution in [2.45, 2.75) is 19.4 Å². The highest BCUT2D eigenvalue weighted by Crippen LogP contribution is 2.20. The number of hydrogen-bond donors (Lipinski definition) is 2. The lowest BCUT2D eigenvalue weighted by Gasteiger charge is -2.17. The maximum atomic E-state index is 12.3. The van der Waals surface area contributed by atoms with Gasteiger partial charge < -0.3 is 10.4 Å². The molecule has 0 radical (unpaired) electrons. The summed E-state index contributed by atoms with van der Waals surface area (Å²) < 4.78 is 2.49. The molecule has 1 aromatic heterocycles. The first kappa shape index (κ1) is 16.2. The van der Waals surface area contributed by atoms with Crippen molar-refractivity contribution in [2.24, 2.45) is 7.05 Å². The van der Waals surface area contributed by atoms with E-state index in [9.17, 15) is 9.59 Å². The van der Waals surface area contributed by atoms with Gasteiger partial charge in [-0.05, 0) is 24.6 Å². The standard InChI is InChI=1S/C15H16BrN3O3/c1-9-12(8-17-19(9)2)15(22)18-13(7-14(20)21)10-3-5-11(16)6-4-10/h3-6,8,13H,7H2,1-2H3,(H,18,22)(H,20,21). The van der Waals surface area contributed by atoms with Gasteiger partial charge in [-0.1, -0.05) is 28.1 Å². The number of aliphatic carboxylic acids is 1. The van der Waals surface area contributed by atoms with E-state index < -0.39 is 12.0 Å². The number of nitrogens with one attached hydrogen (secondary N) is 1. The molecule has 1 heterocycles. The zero-order valence-corrected chi connectivity index (χ0v) is 13.8. The largest absolute Gasteiger partial charge is 0.481 e. The Morgan fingerprint density at radius 1 is 1.36 bits per heavy atom. The van der Waals surface area contributed by atoms with Gasteiger partial charge in [-0.3, -0.25) is 14.3 Å². The van der Waals surface area contributed by atoms with E-state index in [2.05, 4.69) is 26.3 Å². The van der Waals surface area contributed by atoms with Gasteiger partial charge >= 0.3 is 5.97 Å². The Labute approximate surface area is 136 Å². The molecule has 0 aliphatic heterocycles. The van der Waals surface area contributed by atoms with Gasteiger partial charge in [0.1, 0.15) is 0 Å². The number of aromatic nitrogens is 2. The number of carbonyl (C=O) groups excluding carboxylic acids is 1. The summed E-state index contributed by atoms with van der Waals surface area (Å²) in [6, 6.07) is 6.59. The van der Waals surface area contributed by atoms with Crippen LogP contribution in [-0.4, -0.2) is 26.8 Å². The third kappa shape index (κ3) is 3.73. The first-order valence-corrected chi connectivity index (χ1v) is 7.44. The molecule has 0 fully saturated rings. The van der Waals surface area contributed by atoms with Crippen LogP contribution in [0.4, 0.5) is 0 Å². The van der Waals surface area contributed by atoms with E-state index in [0.29, 0.717) is 5.56 Å². The van der Waals surface area contributed by atoms with Crippen molar-refractivity contribution in [3.63, 3.8) is 0 Å². The third-order valence-corrected chi connectivity index (χ3v) is 3.96. The molecule has 1 unspecified atom stereocenters. The van der Waals surface area contributed by atoms with Crippen LogP contribution in [0.1, 0.15) is 34.1 Å². The molecule has 0 spiro atoms. The topological polar surface area (TPSA) is 84.2 Å². The smallest absolute Gasteiger partial charge is 0.305 e. The molecule has 116 valence electrons. The number of aryl methyl sites for hydroxylation is 1. The van der Waals surface area contributed by atoms with E-state index in [1.54, 1.807) is 30.8 Å². The van der Waals surface area contributed by atoms with Crippen LogP contribution in [-0.2, 0) is 11.8 Å². The molecule has 1 aromatic carbocycles. The number of benzene rings is 1. The Kier molecular flexibility index (Phi) is 4.97. The van der Waals surface area contributed by atoms with E-state index in [4.69, 9.17) is 5.11 Å². The minimum atomic E-state index is -0.976. The van der Waals surface area contributed by atoms with Crippen molar-refractivity contribution in [1.29, 1.82) is 0 Å². The van der Waals surface area contributed by atoms with Crippen LogP contribution in [0.15, 0.2) is 34.9 Å². The van der Waals surface area contributed by atoms with Crippen molar-refractivity contribution < 1.29 is 14.7 Å². The molecular weight excluding hydrogens is 350 g/mol. The Bertz CT molecular complexity index is 695. The molecule has 2 aromatic rings. The van der Waals surface area contributed by atoms with Gasteiger partial charge in [0.2, 0.25) is 0 Å². The number of carbonyl (C=O) groups is 2. The fraction of sp³-hybridized carbons (Fsp3) is 0.267. The van der Waals surface area contributed by atoms with Gasteiger partial charge in [-0.2, -0.15) is 5.10 Å². The first-order chi connectivity index (χ1) is 10.4. The lowest BCUT2D eigenvalue weighted by Crippen LogP contribution is -2.30. The Morgan fingerprint density at radius 3 is 2.50 bits per heavy atom. The predicted molar refractivity (Wildman–Crippen MR) is 84.5 cm³/mol. The summed E-state index contributed by atoms with van der Waals surface area (Å²) in [5.74, 6) is -1.31. The number of carboxylic acids is 1. The van der Waals surface area contributed by atoms with Gasteiger partial charge in [-0.15, -0.1) is 0 Å². The van der Waals surface area contributed by atoms with E-state index in [1.165, 1.54) is 6.20 Å². The molecule has 0 saturated heterocycles. The number of rotatable bonds is 5. The quantitative estimate of drug-likeness (QED) is 0.851. The molecule has 2 rings (SSSR count). The predicted octanol–water partition coefficient (Wildman–Crippen LogP) is 2.44. The highest BCUT2D eigenvalue weighted by Gasteiger charge is 2.21. The molecule has 22 heavy (non-hydrogen) atoms. The molecule has 0 saturated carbocycles. The van der Waals surface area contributed by atoms with Gasteiger partial charge in [0.25, 0.3) is 5.91 Å². The van der Waals surface area contributed by atoms with E-state index in [1.807, 2.05) is 12.1 Å². The number of halogens is 1. The zero-order valence-electron chi connectivity index (χ0n) is 12.2. The van der Waals surface area contributed by atoms with Gasteiger partial charge in [-0.25, -0.2) is 0 Å². The molecule has 7 heteroatoms. The maximum Gasteiger partial charge on any atom is 0.305 e. The Hall–Kier alpha value is -2.15. The molecule has 1 amide bonds. The van der Waals surface area contributed by atoms with Crippen molar-refractivity contribution >= 4 is 27.8 Å². The van der Waals surface area contributed by atoms with Crippen molar-refractivity contribution in [3.05, 3.63) is 51.8 Å². The second-order valence-electron chi connectivity index (χ2n) is 4.94. The van der Waals surface area contributed by atoms with Crippen LogP contribution >= 0.6 is 15.9 Å². The Balaban J connectivity index is 2.23. The molecule has 0 aliphatic rings. The Morgan fingerprint density at radius 2 is 2.00 bits per heavy atom. The minimum Gasteiger partial charge on any atom is -0.481 e. The number of hydrogen-bond acceptors (Lipinski definition) is 3. The van der Waals surface area contributed by atoms with Crippen molar-refractivity contribution in [3.8, 4) is 0 Å². The van der Waals surface area contributed by atoms with Gasteiger partial charge in [0.05, 0.1) is 24.2 Å². The fourth-order valence-electron chi connectivity index (χ4n) is 2.08. The zero-order chi connectivity index (χ0) is 16.3. The van der Waals surface area contributed by atoms with E-state index in [0.717, 1.165) is 15.7 Å². The average molecular weight is 366 g/mol. The van der Waals surface area contributed by atoms with Crippen molar-refractivity contribution in [1.82, 2.24) is 15.1 Å².